The predicted octanol–water partition coefficient (Wildman–Crippen LogP) is 1.51. The van der Waals surface area contributed by atoms with Gasteiger partial charge in [-0.3, -0.25) is 4.79 Å². The van der Waals surface area contributed by atoms with Gasteiger partial charge in [-0.05, 0) is 37.1 Å². The minimum absolute atomic E-state index is 0.0677. The van der Waals surface area contributed by atoms with Gasteiger partial charge in [0.05, 0.1) is 6.61 Å². The number of likely N-dealkylation sites (N-methyl/N-ethyl adjacent to an activating group) is 1. The zero-order chi connectivity index (χ0) is 17.5. The molecule has 5 nitrogen and oxygen atoms in total. The maximum absolute atomic E-state index is 12.7. The molecule has 1 aliphatic rings. The first-order valence-corrected chi connectivity index (χ1v) is 8.75. The number of carbonyl (C=O) groups is 1. The van der Waals surface area contributed by atoms with Crippen LogP contribution in [0.5, 0.6) is 0 Å². The van der Waals surface area contributed by atoms with E-state index >= 15 is 0 Å². The van der Waals surface area contributed by atoms with Crippen molar-refractivity contribution in [1.29, 1.82) is 0 Å². The van der Waals surface area contributed by atoms with Crippen LogP contribution in [0.2, 0.25) is 0 Å². The number of ether oxygens (including phenoxy) is 1. The first-order valence-electron chi connectivity index (χ1n) is 8.75. The van der Waals surface area contributed by atoms with E-state index in [4.69, 9.17) is 4.74 Å². The average Bonchev–Trinajstić information content (AvgIpc) is 3.02. The molecule has 1 aliphatic heterocycles. The van der Waals surface area contributed by atoms with Crippen LogP contribution in [0.4, 0.5) is 0 Å². The van der Waals surface area contributed by atoms with Crippen LogP contribution in [-0.4, -0.2) is 74.4 Å². The fourth-order valence-corrected chi connectivity index (χ4v) is 3.32. The third kappa shape index (κ3) is 4.79. The van der Waals surface area contributed by atoms with Crippen LogP contribution in [-0.2, 0) is 11.2 Å². The van der Waals surface area contributed by atoms with Gasteiger partial charge >= 0.3 is 0 Å². The zero-order valence-electron chi connectivity index (χ0n) is 15.1. The molecule has 1 saturated heterocycles. The number of hydrogen-bond donors (Lipinski definition) is 1. The Morgan fingerprint density at radius 3 is 2.54 bits per heavy atom. The highest BCUT2D eigenvalue weighted by Crippen LogP contribution is 2.25. The van der Waals surface area contributed by atoms with E-state index in [1.54, 1.807) is 7.11 Å². The molecule has 0 aromatic heterocycles. The summed E-state index contributed by atoms with van der Waals surface area (Å²) in [5.74, 6) is 0.516. The monoisotopic (exact) mass is 334 g/mol. The number of benzene rings is 1. The van der Waals surface area contributed by atoms with Gasteiger partial charge in [0.1, 0.15) is 0 Å². The largest absolute Gasteiger partial charge is 0.396 e. The number of nitrogens with zero attached hydrogens (tertiary/aromatic N) is 2. The Morgan fingerprint density at radius 1 is 1.29 bits per heavy atom. The summed E-state index contributed by atoms with van der Waals surface area (Å²) in [6, 6.07) is 7.85. The molecule has 1 fully saturated rings. The van der Waals surface area contributed by atoms with Crippen LogP contribution in [0.25, 0.3) is 0 Å². The van der Waals surface area contributed by atoms with Crippen LogP contribution in [0.15, 0.2) is 24.3 Å². The summed E-state index contributed by atoms with van der Waals surface area (Å²) in [4.78, 5) is 16.8. The van der Waals surface area contributed by atoms with E-state index in [2.05, 4.69) is 18.9 Å². The van der Waals surface area contributed by atoms with E-state index in [0.29, 0.717) is 25.6 Å². The van der Waals surface area contributed by atoms with Gasteiger partial charge in [-0.25, -0.2) is 0 Å². The number of rotatable bonds is 8. The molecular weight excluding hydrogens is 304 g/mol. The fraction of sp³-hybridized carbons (Fsp3) is 0.632. The highest BCUT2D eigenvalue weighted by Gasteiger charge is 2.35. The van der Waals surface area contributed by atoms with E-state index in [-0.39, 0.29) is 18.4 Å². The number of aryl methyl sites for hydroxylation is 1. The molecule has 0 saturated carbocycles. The molecule has 0 radical (unpaired) electrons. The molecule has 5 heteroatoms. The van der Waals surface area contributed by atoms with Gasteiger partial charge in [0.2, 0.25) is 0 Å². The van der Waals surface area contributed by atoms with Crippen molar-refractivity contribution in [2.45, 2.75) is 13.3 Å². The number of carbonyl (C=O) groups excluding carboxylic acids is 1. The van der Waals surface area contributed by atoms with Gasteiger partial charge in [-0.15, -0.1) is 0 Å². The van der Waals surface area contributed by atoms with Gasteiger partial charge < -0.3 is 19.6 Å². The van der Waals surface area contributed by atoms with E-state index in [1.807, 2.05) is 29.2 Å². The standard InChI is InChI=1S/C19H30N2O3/c1-4-15-5-7-16(8-6-15)19(23)21-12-17(18(13-21)14-22)11-20(2)9-10-24-3/h5-8,17-18,22H,4,9-14H2,1-3H3/t17-,18-/m1/s1. The summed E-state index contributed by atoms with van der Waals surface area (Å²) in [7, 11) is 3.76. The molecule has 1 amide bonds. The highest BCUT2D eigenvalue weighted by atomic mass is 16.5. The van der Waals surface area contributed by atoms with Gasteiger partial charge in [-0.1, -0.05) is 19.1 Å². The van der Waals surface area contributed by atoms with Crippen LogP contribution < -0.4 is 0 Å². The molecular formula is C19H30N2O3. The molecule has 2 atom stereocenters. The summed E-state index contributed by atoms with van der Waals surface area (Å²) in [6.07, 6.45) is 0.973. The van der Waals surface area contributed by atoms with E-state index in [1.165, 1.54) is 5.56 Å². The number of hydrogen-bond acceptors (Lipinski definition) is 4. The lowest BCUT2D eigenvalue weighted by molar-refractivity contribution is 0.0778. The Bertz CT molecular complexity index is 518. The Hall–Kier alpha value is -1.43. The Kier molecular flexibility index (Phi) is 7.21. The lowest BCUT2D eigenvalue weighted by atomic mass is 9.96. The minimum Gasteiger partial charge on any atom is -0.396 e. The van der Waals surface area contributed by atoms with Crippen molar-refractivity contribution >= 4 is 5.91 Å². The topological polar surface area (TPSA) is 53.0 Å². The molecule has 2 rings (SSSR count). The second-order valence-corrected chi connectivity index (χ2v) is 6.72. The molecule has 1 aromatic rings. The Labute approximate surface area is 145 Å². The molecule has 134 valence electrons. The maximum Gasteiger partial charge on any atom is 0.253 e. The van der Waals surface area contributed by atoms with Gasteiger partial charge in [0.15, 0.2) is 0 Å². The van der Waals surface area contributed by atoms with Crippen LogP contribution in [0, 0.1) is 11.8 Å². The molecule has 1 aromatic carbocycles. The normalized spacial score (nSPS) is 20.8. The van der Waals surface area contributed by atoms with Crippen molar-refractivity contribution in [1.82, 2.24) is 9.80 Å². The van der Waals surface area contributed by atoms with Gasteiger partial charge in [0, 0.05) is 51.4 Å². The van der Waals surface area contributed by atoms with Crippen molar-refractivity contribution in [3.8, 4) is 0 Å². The van der Waals surface area contributed by atoms with E-state index in [9.17, 15) is 9.90 Å². The second-order valence-electron chi connectivity index (χ2n) is 6.72. The highest BCUT2D eigenvalue weighted by molar-refractivity contribution is 5.94. The smallest absolute Gasteiger partial charge is 0.253 e. The van der Waals surface area contributed by atoms with Crippen molar-refractivity contribution in [3.63, 3.8) is 0 Å². The number of amides is 1. The predicted molar refractivity (Wildman–Crippen MR) is 95.2 cm³/mol. The minimum atomic E-state index is 0.0677. The number of aliphatic hydroxyl groups excluding tert-OH is 1. The zero-order valence-corrected chi connectivity index (χ0v) is 15.1. The third-order valence-electron chi connectivity index (χ3n) is 4.93. The summed E-state index contributed by atoms with van der Waals surface area (Å²) in [6.45, 7) is 5.99. The first kappa shape index (κ1) is 18.9. The maximum atomic E-state index is 12.7. The lowest BCUT2D eigenvalue weighted by Gasteiger charge is -2.23. The summed E-state index contributed by atoms with van der Waals surface area (Å²) >= 11 is 0. The van der Waals surface area contributed by atoms with Crippen LogP contribution in [0.1, 0.15) is 22.8 Å². The molecule has 1 N–H and O–H groups in total. The summed E-state index contributed by atoms with van der Waals surface area (Å²) in [5, 5.41) is 9.68. The molecule has 0 spiro atoms. The van der Waals surface area contributed by atoms with E-state index in [0.717, 1.165) is 25.1 Å². The molecule has 0 bridgehead atoms. The van der Waals surface area contributed by atoms with Crippen molar-refractivity contribution < 1.29 is 14.6 Å². The average molecular weight is 334 g/mol. The number of aliphatic hydroxyl groups is 1. The SMILES string of the molecule is CCc1ccc(C(=O)N2C[C@@H](CN(C)CCOC)[C@@H](CO)C2)cc1. The first-order chi connectivity index (χ1) is 11.6. The van der Waals surface area contributed by atoms with Crippen LogP contribution >= 0.6 is 0 Å². The summed E-state index contributed by atoms with van der Waals surface area (Å²) in [5.41, 5.74) is 1.97. The quantitative estimate of drug-likeness (QED) is 0.783. The second kappa shape index (κ2) is 9.16. The Balaban J connectivity index is 1.97. The fourth-order valence-electron chi connectivity index (χ4n) is 3.32. The summed E-state index contributed by atoms with van der Waals surface area (Å²) < 4.78 is 5.11. The number of methoxy groups -OCH3 is 1. The molecule has 24 heavy (non-hydrogen) atoms. The van der Waals surface area contributed by atoms with E-state index < -0.39 is 0 Å². The number of likely N-dealkylation sites (tertiary alicyclic amines) is 1. The van der Waals surface area contributed by atoms with Gasteiger partial charge in [0.25, 0.3) is 5.91 Å². The molecule has 0 aliphatic carbocycles. The third-order valence-corrected chi connectivity index (χ3v) is 4.93. The Morgan fingerprint density at radius 2 is 1.96 bits per heavy atom. The molecule has 0 unspecified atom stereocenters. The van der Waals surface area contributed by atoms with Crippen molar-refractivity contribution in [2.75, 3.05) is 53.6 Å². The van der Waals surface area contributed by atoms with Crippen molar-refractivity contribution in [2.24, 2.45) is 11.8 Å². The van der Waals surface area contributed by atoms with Crippen LogP contribution in [0.3, 0.4) is 0 Å². The molecule has 1 heterocycles. The lowest BCUT2D eigenvalue weighted by Crippen LogP contribution is -2.33. The van der Waals surface area contributed by atoms with Crippen molar-refractivity contribution in [3.05, 3.63) is 35.4 Å². The van der Waals surface area contributed by atoms with Gasteiger partial charge in [-0.2, -0.15) is 0 Å².